The predicted octanol–water partition coefficient (Wildman–Crippen LogP) is 5.91. The molecule has 1 aliphatic heterocycles. The highest BCUT2D eigenvalue weighted by Crippen LogP contribution is 2.33. The van der Waals surface area contributed by atoms with Gasteiger partial charge in [0.25, 0.3) is 0 Å². The molecule has 0 aromatic heterocycles. The molecule has 0 unspecified atom stereocenters. The van der Waals surface area contributed by atoms with E-state index in [-0.39, 0.29) is 5.41 Å². The first-order valence-electron chi connectivity index (χ1n) is 8.47. The Morgan fingerprint density at radius 3 is 2.42 bits per heavy atom. The molecule has 0 radical (unpaired) electrons. The van der Waals surface area contributed by atoms with E-state index in [1.165, 1.54) is 28.0 Å². The van der Waals surface area contributed by atoms with Crippen molar-refractivity contribution >= 4 is 11.8 Å². The van der Waals surface area contributed by atoms with E-state index in [9.17, 15) is 0 Å². The van der Waals surface area contributed by atoms with Crippen molar-refractivity contribution in [2.45, 2.75) is 20.8 Å². The fourth-order valence-corrected chi connectivity index (χ4v) is 3.01. The Hall–Kier alpha value is -2.54. The van der Waals surface area contributed by atoms with Gasteiger partial charge in [0.15, 0.2) is 0 Å². The fraction of sp³-hybridized carbons (Fsp3) is 0.217. The van der Waals surface area contributed by atoms with Gasteiger partial charge in [-0.1, -0.05) is 82.0 Å². The van der Waals surface area contributed by atoms with Crippen LogP contribution >= 0.6 is 0 Å². The third kappa shape index (κ3) is 3.35. The van der Waals surface area contributed by atoms with E-state index >= 15 is 0 Å². The molecular weight excluding hydrogens is 290 g/mol. The highest BCUT2D eigenvalue weighted by molar-refractivity contribution is 5.80. The van der Waals surface area contributed by atoms with E-state index in [0.29, 0.717) is 0 Å². The zero-order valence-electron chi connectivity index (χ0n) is 14.8. The maximum absolute atomic E-state index is 3.99. The highest BCUT2D eigenvalue weighted by atomic mass is 14.9. The minimum atomic E-state index is 0.152. The summed E-state index contributed by atoms with van der Waals surface area (Å²) in [4.78, 5) is 0. The van der Waals surface area contributed by atoms with Crippen LogP contribution in [-0.4, -0.2) is 6.54 Å². The smallest absolute Gasteiger partial charge is 0.0425 e. The molecule has 0 spiro atoms. The summed E-state index contributed by atoms with van der Waals surface area (Å²) in [6.07, 6.45) is 6.49. The van der Waals surface area contributed by atoms with E-state index in [4.69, 9.17) is 0 Å². The molecule has 1 aliphatic rings. The maximum Gasteiger partial charge on any atom is 0.0425 e. The van der Waals surface area contributed by atoms with Crippen LogP contribution in [0.3, 0.4) is 0 Å². The Morgan fingerprint density at radius 2 is 1.75 bits per heavy atom. The molecule has 2 aromatic carbocycles. The summed E-state index contributed by atoms with van der Waals surface area (Å²) >= 11 is 0. The molecule has 0 fully saturated rings. The van der Waals surface area contributed by atoms with Crippen LogP contribution in [0.4, 0.5) is 0 Å². The van der Waals surface area contributed by atoms with Crippen molar-refractivity contribution in [2.24, 2.45) is 5.41 Å². The molecule has 0 saturated carbocycles. The zero-order chi connectivity index (χ0) is 17.2. The number of rotatable bonds is 3. The van der Waals surface area contributed by atoms with Crippen molar-refractivity contribution in [1.82, 2.24) is 5.32 Å². The van der Waals surface area contributed by atoms with Crippen molar-refractivity contribution in [3.63, 3.8) is 0 Å². The second-order valence-electron chi connectivity index (χ2n) is 7.22. The van der Waals surface area contributed by atoms with Crippen molar-refractivity contribution in [1.29, 1.82) is 0 Å². The molecule has 1 heteroatoms. The summed E-state index contributed by atoms with van der Waals surface area (Å²) in [5.74, 6) is 0. The lowest BCUT2D eigenvalue weighted by Gasteiger charge is -2.26. The first-order valence-corrected chi connectivity index (χ1v) is 8.47. The summed E-state index contributed by atoms with van der Waals surface area (Å²) in [5.41, 5.74) is 7.53. The third-order valence-electron chi connectivity index (χ3n) is 4.45. The van der Waals surface area contributed by atoms with E-state index < -0.39 is 0 Å². The van der Waals surface area contributed by atoms with Gasteiger partial charge in [0.1, 0.15) is 0 Å². The van der Waals surface area contributed by atoms with Crippen molar-refractivity contribution in [3.05, 3.63) is 84.0 Å². The average Bonchev–Trinajstić information content (AvgIpc) is 2.61. The van der Waals surface area contributed by atoms with Crippen LogP contribution in [-0.2, 0) is 0 Å². The van der Waals surface area contributed by atoms with Gasteiger partial charge in [0.2, 0.25) is 0 Å². The van der Waals surface area contributed by atoms with Gasteiger partial charge >= 0.3 is 0 Å². The lowest BCUT2D eigenvalue weighted by Crippen LogP contribution is -2.21. The molecule has 24 heavy (non-hydrogen) atoms. The van der Waals surface area contributed by atoms with Crippen LogP contribution in [0.2, 0.25) is 0 Å². The van der Waals surface area contributed by atoms with Gasteiger partial charge in [0.05, 0.1) is 0 Å². The SMILES string of the molecule is C=Cc1ccc(-c2ccccc2)cc1C1=CC(C(C)(C)C)=CCN1. The van der Waals surface area contributed by atoms with Gasteiger partial charge in [-0.05, 0) is 39.8 Å². The van der Waals surface area contributed by atoms with Crippen LogP contribution in [0.1, 0.15) is 31.9 Å². The van der Waals surface area contributed by atoms with E-state index in [1.807, 2.05) is 12.1 Å². The normalized spacial score (nSPS) is 14.5. The van der Waals surface area contributed by atoms with Gasteiger partial charge in [-0.3, -0.25) is 0 Å². The van der Waals surface area contributed by atoms with Crippen LogP contribution in [0.15, 0.2) is 72.8 Å². The minimum Gasteiger partial charge on any atom is -0.381 e. The Bertz CT molecular complexity index is 802. The summed E-state index contributed by atoms with van der Waals surface area (Å²) in [7, 11) is 0. The molecule has 1 N–H and O–H groups in total. The molecule has 1 nitrogen and oxygen atoms in total. The van der Waals surface area contributed by atoms with Crippen molar-refractivity contribution in [2.75, 3.05) is 6.54 Å². The van der Waals surface area contributed by atoms with Crippen molar-refractivity contribution < 1.29 is 0 Å². The number of allylic oxidation sites excluding steroid dienone is 2. The Balaban J connectivity index is 2.08. The van der Waals surface area contributed by atoms with Gasteiger partial charge in [-0.25, -0.2) is 0 Å². The fourth-order valence-electron chi connectivity index (χ4n) is 3.01. The summed E-state index contributed by atoms with van der Waals surface area (Å²) in [5, 5.41) is 3.53. The summed E-state index contributed by atoms with van der Waals surface area (Å²) < 4.78 is 0. The second kappa shape index (κ2) is 6.52. The predicted molar refractivity (Wildman–Crippen MR) is 105 cm³/mol. The zero-order valence-corrected chi connectivity index (χ0v) is 14.8. The molecule has 0 atom stereocenters. The number of nitrogens with one attached hydrogen (secondary N) is 1. The lowest BCUT2D eigenvalue weighted by molar-refractivity contribution is 0.513. The topological polar surface area (TPSA) is 12.0 Å². The second-order valence-corrected chi connectivity index (χ2v) is 7.22. The van der Waals surface area contributed by atoms with Crippen LogP contribution in [0.25, 0.3) is 22.9 Å². The number of benzene rings is 2. The first kappa shape index (κ1) is 16.3. The van der Waals surface area contributed by atoms with Crippen molar-refractivity contribution in [3.8, 4) is 11.1 Å². The van der Waals surface area contributed by atoms with E-state index in [1.54, 1.807) is 0 Å². The Kier molecular flexibility index (Phi) is 4.44. The van der Waals surface area contributed by atoms with Crippen LogP contribution in [0, 0.1) is 5.41 Å². The number of hydrogen-bond donors (Lipinski definition) is 1. The Labute approximate surface area is 145 Å². The standard InChI is InChI=1S/C23H25N/c1-5-17-11-12-19(18-9-7-6-8-10-18)15-21(17)22-16-20(13-14-24-22)23(2,3)4/h5-13,15-16,24H,1,14H2,2-4H3. The third-order valence-corrected chi connectivity index (χ3v) is 4.45. The molecule has 122 valence electrons. The van der Waals surface area contributed by atoms with Gasteiger partial charge in [-0.15, -0.1) is 0 Å². The van der Waals surface area contributed by atoms with Gasteiger partial charge in [0, 0.05) is 17.8 Å². The number of hydrogen-bond acceptors (Lipinski definition) is 1. The molecule has 0 saturated heterocycles. The van der Waals surface area contributed by atoms with E-state index in [2.05, 4.69) is 87.3 Å². The molecule has 0 amide bonds. The molecule has 2 aromatic rings. The molecule has 3 rings (SSSR count). The van der Waals surface area contributed by atoms with Gasteiger partial charge < -0.3 is 5.32 Å². The van der Waals surface area contributed by atoms with E-state index in [0.717, 1.165) is 12.1 Å². The van der Waals surface area contributed by atoms with Crippen LogP contribution < -0.4 is 5.32 Å². The van der Waals surface area contributed by atoms with Crippen LogP contribution in [0.5, 0.6) is 0 Å². The minimum absolute atomic E-state index is 0.152. The lowest BCUT2D eigenvalue weighted by atomic mass is 9.83. The maximum atomic E-state index is 3.99. The quantitative estimate of drug-likeness (QED) is 0.742. The molecular formula is C23H25N. The molecule has 1 heterocycles. The monoisotopic (exact) mass is 315 g/mol. The summed E-state index contributed by atoms with van der Waals surface area (Å²) in [6.45, 7) is 11.6. The average molecular weight is 315 g/mol. The Morgan fingerprint density at radius 1 is 1.00 bits per heavy atom. The number of dihydropyridines is 1. The highest BCUT2D eigenvalue weighted by Gasteiger charge is 2.19. The molecule has 0 aliphatic carbocycles. The first-order chi connectivity index (χ1) is 11.5. The largest absolute Gasteiger partial charge is 0.381 e. The molecule has 0 bridgehead atoms. The summed E-state index contributed by atoms with van der Waals surface area (Å²) in [6, 6.07) is 17.1. The van der Waals surface area contributed by atoms with Gasteiger partial charge in [-0.2, -0.15) is 0 Å².